The zero-order valence-corrected chi connectivity index (χ0v) is 8.88. The van der Waals surface area contributed by atoms with Crippen molar-refractivity contribution < 1.29 is 19.0 Å². The van der Waals surface area contributed by atoms with Crippen LogP contribution in [0.3, 0.4) is 0 Å². The fourth-order valence-corrected chi connectivity index (χ4v) is 2.45. The first kappa shape index (κ1) is 9.57. The van der Waals surface area contributed by atoms with Gasteiger partial charge in [0.25, 0.3) is 0 Å². The van der Waals surface area contributed by atoms with Crippen molar-refractivity contribution in [2.24, 2.45) is 5.92 Å². The molecule has 0 aromatic rings. The van der Waals surface area contributed by atoms with Crippen LogP contribution < -0.4 is 0 Å². The molecule has 0 aromatic heterocycles. The van der Waals surface area contributed by atoms with E-state index in [4.69, 9.17) is 14.2 Å². The van der Waals surface area contributed by atoms with Crippen LogP contribution in [0.25, 0.3) is 0 Å². The van der Waals surface area contributed by atoms with Gasteiger partial charge in [0.05, 0.1) is 19.1 Å². The number of hydrogen-bond acceptors (Lipinski definition) is 4. The molecule has 0 aliphatic carbocycles. The minimum Gasteiger partial charge on any atom is -0.350 e. The van der Waals surface area contributed by atoms with Gasteiger partial charge in [-0.15, -0.1) is 0 Å². The molecule has 0 radical (unpaired) electrons. The lowest BCUT2D eigenvalue weighted by molar-refractivity contribution is -0.317. The van der Waals surface area contributed by atoms with E-state index in [2.05, 4.69) is 0 Å². The Hall–Kier alpha value is -0.650. The summed E-state index contributed by atoms with van der Waals surface area (Å²) in [7, 11) is 0. The maximum absolute atomic E-state index is 11.5. The van der Waals surface area contributed by atoms with Gasteiger partial charge in [0.1, 0.15) is 18.4 Å². The van der Waals surface area contributed by atoms with Crippen molar-refractivity contribution in [3.05, 3.63) is 0 Å². The Kier molecular flexibility index (Phi) is 2.02. The zero-order chi connectivity index (χ0) is 10.6. The van der Waals surface area contributed by atoms with Crippen LogP contribution in [0.15, 0.2) is 0 Å². The van der Waals surface area contributed by atoms with Gasteiger partial charge in [-0.1, -0.05) is 0 Å². The van der Waals surface area contributed by atoms with E-state index in [9.17, 15) is 4.79 Å². The predicted octanol–water partition coefficient (Wildman–Crippen LogP) is -0.0490. The van der Waals surface area contributed by atoms with E-state index in [1.165, 1.54) is 0 Å². The molecule has 15 heavy (non-hydrogen) atoms. The van der Waals surface area contributed by atoms with Gasteiger partial charge in [0.15, 0.2) is 6.29 Å². The van der Waals surface area contributed by atoms with Crippen molar-refractivity contribution in [2.45, 2.75) is 38.6 Å². The summed E-state index contributed by atoms with van der Waals surface area (Å²) in [6.07, 6.45) is -0.293. The first-order valence-corrected chi connectivity index (χ1v) is 5.40. The predicted molar refractivity (Wildman–Crippen MR) is 49.8 cm³/mol. The quantitative estimate of drug-likeness (QED) is 0.529. The highest BCUT2D eigenvalue weighted by Gasteiger charge is 2.52. The summed E-state index contributed by atoms with van der Waals surface area (Å²) in [5.74, 6) is 0.159. The smallest absolute Gasteiger partial charge is 0.232 e. The maximum atomic E-state index is 11.5. The van der Waals surface area contributed by atoms with Crippen LogP contribution in [0.4, 0.5) is 0 Å². The van der Waals surface area contributed by atoms with Crippen LogP contribution in [-0.2, 0) is 19.0 Å². The number of rotatable bonds is 0. The molecule has 0 unspecified atom stereocenters. The lowest BCUT2D eigenvalue weighted by Crippen LogP contribution is -2.70. The Morgan fingerprint density at radius 1 is 1.27 bits per heavy atom. The van der Waals surface area contributed by atoms with Crippen LogP contribution in [0.1, 0.15) is 13.8 Å². The summed E-state index contributed by atoms with van der Waals surface area (Å²) in [5, 5.41) is 0. The molecular weight excluding hydrogens is 198 g/mol. The first-order valence-electron chi connectivity index (χ1n) is 5.40. The summed E-state index contributed by atoms with van der Waals surface area (Å²) in [6.45, 7) is 4.98. The van der Waals surface area contributed by atoms with Gasteiger partial charge < -0.3 is 19.1 Å². The number of carbonyl (C=O) groups is 1. The maximum Gasteiger partial charge on any atom is 0.232 e. The minimum atomic E-state index is -0.194. The van der Waals surface area contributed by atoms with Crippen molar-refractivity contribution >= 4 is 5.91 Å². The fraction of sp³-hybridized carbons (Fsp3) is 0.900. The van der Waals surface area contributed by atoms with E-state index in [1.54, 1.807) is 4.90 Å². The van der Waals surface area contributed by atoms with Crippen LogP contribution in [0.2, 0.25) is 0 Å². The summed E-state index contributed by atoms with van der Waals surface area (Å²) in [6, 6.07) is 0. The van der Waals surface area contributed by atoms with Gasteiger partial charge >= 0.3 is 0 Å². The topological polar surface area (TPSA) is 48.0 Å². The second-order valence-corrected chi connectivity index (χ2v) is 4.42. The van der Waals surface area contributed by atoms with Gasteiger partial charge in [0.2, 0.25) is 5.91 Å². The highest BCUT2D eigenvalue weighted by molar-refractivity contribution is 5.85. The monoisotopic (exact) mass is 213 g/mol. The third-order valence-electron chi connectivity index (χ3n) is 3.37. The summed E-state index contributed by atoms with van der Waals surface area (Å²) in [5.41, 5.74) is 0. The van der Waals surface area contributed by atoms with Crippen LogP contribution in [0, 0.1) is 5.92 Å². The van der Waals surface area contributed by atoms with Crippen molar-refractivity contribution in [2.75, 3.05) is 13.2 Å². The third-order valence-corrected chi connectivity index (χ3v) is 3.37. The number of hydrogen-bond donors (Lipinski definition) is 0. The van der Waals surface area contributed by atoms with Crippen molar-refractivity contribution in [3.8, 4) is 0 Å². The van der Waals surface area contributed by atoms with Gasteiger partial charge in [-0.25, -0.2) is 0 Å². The first-order chi connectivity index (χ1) is 7.16. The molecular formula is C10H15NO4. The average Bonchev–Trinajstić information content (AvgIpc) is 2.26. The molecule has 0 N–H and O–H groups in total. The lowest BCUT2D eigenvalue weighted by Gasteiger charge is -2.54. The van der Waals surface area contributed by atoms with Gasteiger partial charge in [0, 0.05) is 0 Å². The van der Waals surface area contributed by atoms with Crippen LogP contribution in [-0.4, -0.2) is 48.7 Å². The molecule has 3 fully saturated rings. The Morgan fingerprint density at radius 3 is 2.87 bits per heavy atom. The van der Waals surface area contributed by atoms with E-state index < -0.39 is 0 Å². The Balaban J connectivity index is 1.72. The van der Waals surface area contributed by atoms with Crippen LogP contribution >= 0.6 is 0 Å². The summed E-state index contributed by atoms with van der Waals surface area (Å²) >= 11 is 0. The molecule has 3 rings (SSSR count). The normalized spacial score (nSPS) is 49.3. The largest absolute Gasteiger partial charge is 0.350 e. The number of ether oxygens (including phenoxy) is 3. The summed E-state index contributed by atoms with van der Waals surface area (Å²) in [4.78, 5) is 13.3. The number of amides is 1. The van der Waals surface area contributed by atoms with Gasteiger partial charge in [-0.2, -0.15) is 0 Å². The van der Waals surface area contributed by atoms with E-state index in [1.807, 2.05) is 13.8 Å². The second-order valence-electron chi connectivity index (χ2n) is 4.42. The standard InChI is InChI=1S/C10H15NO4/c1-5-9(12)11-3-7-8(15-10(5)11)4-13-6(2)14-7/h5-8,10H,3-4H2,1-2H3/t5-,6-,7+,8+,10+/m0/s1. The number of carbonyl (C=O) groups excluding carboxylic acids is 1. The Bertz CT molecular complexity index is 295. The molecule has 5 atom stereocenters. The third kappa shape index (κ3) is 1.30. The fourth-order valence-electron chi connectivity index (χ4n) is 2.45. The molecule has 0 saturated carbocycles. The average molecular weight is 213 g/mol. The van der Waals surface area contributed by atoms with Crippen molar-refractivity contribution in [1.29, 1.82) is 0 Å². The highest BCUT2D eigenvalue weighted by atomic mass is 16.7. The van der Waals surface area contributed by atoms with Gasteiger partial charge in [-0.3, -0.25) is 4.79 Å². The molecule has 84 valence electrons. The Morgan fingerprint density at radius 2 is 2.07 bits per heavy atom. The number of β-lactam (4-membered cyclic amide) rings is 1. The molecule has 0 aromatic carbocycles. The number of fused-ring (bicyclic) bond motifs is 2. The molecule has 0 bridgehead atoms. The molecule has 3 saturated heterocycles. The van der Waals surface area contributed by atoms with Crippen LogP contribution in [0.5, 0.6) is 0 Å². The molecule has 3 aliphatic heterocycles. The lowest BCUT2D eigenvalue weighted by atomic mass is 9.94. The Labute approximate surface area is 88.3 Å². The van der Waals surface area contributed by atoms with Crippen molar-refractivity contribution in [1.82, 2.24) is 4.90 Å². The molecule has 5 nitrogen and oxygen atoms in total. The van der Waals surface area contributed by atoms with E-state index in [0.717, 1.165) is 0 Å². The van der Waals surface area contributed by atoms with Crippen molar-refractivity contribution in [3.63, 3.8) is 0 Å². The molecule has 5 heteroatoms. The highest BCUT2D eigenvalue weighted by Crippen LogP contribution is 2.35. The molecule has 3 aliphatic rings. The number of nitrogens with zero attached hydrogens (tertiary/aromatic N) is 1. The van der Waals surface area contributed by atoms with E-state index >= 15 is 0 Å². The van der Waals surface area contributed by atoms with E-state index in [0.29, 0.717) is 13.2 Å². The molecule has 0 spiro atoms. The molecule has 1 amide bonds. The summed E-state index contributed by atoms with van der Waals surface area (Å²) < 4.78 is 16.7. The van der Waals surface area contributed by atoms with Gasteiger partial charge in [-0.05, 0) is 13.8 Å². The molecule has 3 heterocycles. The zero-order valence-electron chi connectivity index (χ0n) is 8.88. The SMILES string of the molecule is C[C@H]1OC[C@H]2O[C@@H]3[C@@H](C)C(=O)N3C[C@H]2O1. The van der Waals surface area contributed by atoms with E-state index in [-0.39, 0.29) is 36.6 Å². The minimum absolute atomic E-state index is 0.00898. The second kappa shape index (κ2) is 3.17.